The summed E-state index contributed by atoms with van der Waals surface area (Å²) in [6.45, 7) is 8.92. The zero-order chi connectivity index (χ0) is 36.2. The molecule has 0 radical (unpaired) electrons. The van der Waals surface area contributed by atoms with Crippen molar-refractivity contribution < 1.29 is 25.2 Å². The van der Waals surface area contributed by atoms with Crippen LogP contribution in [0, 0.1) is 0 Å². The molecule has 0 aliphatic carbocycles. The van der Waals surface area contributed by atoms with Gasteiger partial charge in [0.05, 0.1) is 18.3 Å². The van der Waals surface area contributed by atoms with E-state index < -0.39 is 30.3 Å². The molecule has 4 atom stereocenters. The second-order valence-electron chi connectivity index (χ2n) is 15.3. The fraction of sp³-hybridized carbons (Fsp3) is 0.976. The quantitative estimate of drug-likeness (QED) is 0.0405. The fourth-order valence-electron chi connectivity index (χ4n) is 6.95. The van der Waals surface area contributed by atoms with Gasteiger partial charge in [-0.15, -0.1) is 0 Å². The van der Waals surface area contributed by atoms with E-state index in [1.54, 1.807) is 0 Å². The van der Waals surface area contributed by atoms with Gasteiger partial charge < -0.3 is 25.7 Å². The maximum absolute atomic E-state index is 11.9. The van der Waals surface area contributed by atoms with Crippen LogP contribution >= 0.6 is 0 Å². The molecule has 0 aromatic heterocycles. The van der Waals surface area contributed by atoms with Crippen LogP contribution in [0.25, 0.3) is 0 Å². The molecule has 5 N–H and O–H groups in total. The third-order valence-corrected chi connectivity index (χ3v) is 10.2. The van der Waals surface area contributed by atoms with Gasteiger partial charge >= 0.3 is 5.97 Å². The summed E-state index contributed by atoms with van der Waals surface area (Å²) < 4.78 is 0. The van der Waals surface area contributed by atoms with Crippen LogP contribution in [0.4, 0.5) is 0 Å². The topological polar surface area (TPSA) is 113 Å². The Morgan fingerprint density at radius 1 is 0.469 bits per heavy atom. The number of hydrogen-bond acceptors (Lipinski definition) is 6. The molecular formula is C42H86N2O5. The number of aliphatic hydroxyl groups is 3. The Bertz CT molecular complexity index is 653. The second kappa shape index (κ2) is 37.0. The molecule has 7 heteroatoms. The number of rotatable bonds is 40. The molecule has 0 aromatic carbocycles. The molecule has 0 rings (SSSR count). The average molecular weight is 699 g/mol. The molecule has 0 heterocycles. The number of unbranched alkanes of at least 4 members (excludes halogenated alkanes) is 22. The first-order valence-electron chi connectivity index (χ1n) is 21.6. The first-order valence-corrected chi connectivity index (χ1v) is 21.6. The van der Waals surface area contributed by atoms with Gasteiger partial charge in [-0.05, 0) is 38.6 Å². The summed E-state index contributed by atoms with van der Waals surface area (Å²) in [7, 11) is 0. The van der Waals surface area contributed by atoms with E-state index in [2.05, 4.69) is 31.0 Å². The summed E-state index contributed by atoms with van der Waals surface area (Å²) in [4.78, 5) is 14.2. The van der Waals surface area contributed by atoms with Crippen LogP contribution in [0.2, 0.25) is 0 Å². The Labute approximate surface area is 304 Å². The summed E-state index contributed by atoms with van der Waals surface area (Å²) in [5, 5.41) is 45.1. The minimum Gasteiger partial charge on any atom is -0.480 e. The zero-order valence-electron chi connectivity index (χ0n) is 33.0. The lowest BCUT2D eigenvalue weighted by molar-refractivity contribution is -0.139. The van der Waals surface area contributed by atoms with E-state index in [1.807, 2.05) is 0 Å². The molecule has 0 aliphatic rings. The lowest BCUT2D eigenvalue weighted by Crippen LogP contribution is -2.41. The highest BCUT2D eigenvalue weighted by Gasteiger charge is 2.19. The van der Waals surface area contributed by atoms with Gasteiger partial charge in [-0.25, -0.2) is 0 Å². The lowest BCUT2D eigenvalue weighted by Gasteiger charge is -2.28. The molecule has 49 heavy (non-hydrogen) atoms. The average Bonchev–Trinajstić information content (AvgIpc) is 3.07. The normalized spacial score (nSPS) is 14.3. The van der Waals surface area contributed by atoms with E-state index in [0.29, 0.717) is 32.5 Å². The summed E-state index contributed by atoms with van der Waals surface area (Å²) >= 11 is 0. The van der Waals surface area contributed by atoms with Gasteiger partial charge in [-0.2, -0.15) is 0 Å². The van der Waals surface area contributed by atoms with E-state index in [9.17, 15) is 25.2 Å². The number of nitrogens with one attached hydrogen (secondary N) is 1. The summed E-state index contributed by atoms with van der Waals surface area (Å²) in [5.74, 6) is -0.863. The zero-order valence-corrected chi connectivity index (χ0v) is 33.0. The highest BCUT2D eigenvalue weighted by atomic mass is 16.4. The Kier molecular flexibility index (Phi) is 36.5. The molecule has 294 valence electrons. The van der Waals surface area contributed by atoms with E-state index in [-0.39, 0.29) is 0 Å². The van der Waals surface area contributed by atoms with Crippen molar-refractivity contribution in [2.45, 2.75) is 238 Å². The van der Waals surface area contributed by atoms with Gasteiger partial charge in [-0.1, -0.05) is 181 Å². The SMILES string of the molecule is CCCCCCCCCCC(O)CNC(CCCCN(CC(O)CCCCCCCCCC)CC(O)CCCCCCCCCC)C(=O)O. The van der Waals surface area contributed by atoms with Crippen LogP contribution in [-0.2, 0) is 4.79 Å². The van der Waals surface area contributed by atoms with Crippen LogP contribution < -0.4 is 5.32 Å². The number of carboxylic acids is 1. The molecular weight excluding hydrogens is 612 g/mol. The van der Waals surface area contributed by atoms with Gasteiger partial charge in [0.15, 0.2) is 0 Å². The van der Waals surface area contributed by atoms with Gasteiger partial charge in [-0.3, -0.25) is 9.69 Å². The number of aliphatic hydroxyl groups excluding tert-OH is 3. The maximum atomic E-state index is 11.9. The predicted octanol–water partition coefficient (Wildman–Crippen LogP) is 10.2. The molecule has 0 amide bonds. The van der Waals surface area contributed by atoms with Crippen LogP contribution in [0.3, 0.4) is 0 Å². The molecule has 0 aromatic rings. The Balaban J connectivity index is 4.57. The largest absolute Gasteiger partial charge is 0.480 e. The van der Waals surface area contributed by atoms with Crippen LogP contribution in [-0.4, -0.2) is 81.8 Å². The smallest absolute Gasteiger partial charge is 0.320 e. The maximum Gasteiger partial charge on any atom is 0.320 e. The van der Waals surface area contributed by atoms with E-state index in [1.165, 1.54) is 128 Å². The summed E-state index contributed by atoms with van der Waals surface area (Å²) in [5.41, 5.74) is 0. The molecule has 0 saturated heterocycles. The third kappa shape index (κ3) is 34.1. The van der Waals surface area contributed by atoms with E-state index >= 15 is 0 Å². The number of nitrogens with zero attached hydrogens (tertiary/aromatic N) is 1. The monoisotopic (exact) mass is 699 g/mol. The highest BCUT2D eigenvalue weighted by molar-refractivity contribution is 5.73. The highest BCUT2D eigenvalue weighted by Crippen LogP contribution is 2.15. The summed E-state index contributed by atoms with van der Waals surface area (Å²) in [6.07, 6.45) is 32.9. The van der Waals surface area contributed by atoms with Crippen molar-refractivity contribution in [3.8, 4) is 0 Å². The van der Waals surface area contributed by atoms with E-state index in [4.69, 9.17) is 0 Å². The van der Waals surface area contributed by atoms with Crippen LogP contribution in [0.5, 0.6) is 0 Å². The van der Waals surface area contributed by atoms with Gasteiger partial charge in [0.1, 0.15) is 6.04 Å². The number of aliphatic carboxylic acids is 1. The predicted molar refractivity (Wildman–Crippen MR) is 209 cm³/mol. The minimum absolute atomic E-state index is 0.315. The van der Waals surface area contributed by atoms with Crippen molar-refractivity contribution in [3.05, 3.63) is 0 Å². The second-order valence-corrected chi connectivity index (χ2v) is 15.3. The van der Waals surface area contributed by atoms with Gasteiger partial charge in [0, 0.05) is 19.6 Å². The van der Waals surface area contributed by atoms with Crippen LogP contribution in [0.15, 0.2) is 0 Å². The fourth-order valence-corrected chi connectivity index (χ4v) is 6.95. The Morgan fingerprint density at radius 3 is 1.16 bits per heavy atom. The molecule has 0 saturated carbocycles. The minimum atomic E-state index is -0.863. The molecule has 4 unspecified atom stereocenters. The molecule has 0 bridgehead atoms. The third-order valence-electron chi connectivity index (χ3n) is 10.2. The molecule has 0 spiro atoms. The number of hydrogen-bond donors (Lipinski definition) is 5. The van der Waals surface area contributed by atoms with Crippen LogP contribution in [0.1, 0.15) is 213 Å². The first kappa shape index (κ1) is 48.3. The summed E-state index contributed by atoms with van der Waals surface area (Å²) in [6, 6.07) is -0.665. The number of carbonyl (C=O) groups is 1. The van der Waals surface area contributed by atoms with Crippen molar-refractivity contribution in [2.24, 2.45) is 0 Å². The molecule has 0 fully saturated rings. The van der Waals surface area contributed by atoms with Gasteiger partial charge in [0.2, 0.25) is 0 Å². The van der Waals surface area contributed by atoms with Crippen molar-refractivity contribution in [2.75, 3.05) is 26.2 Å². The van der Waals surface area contributed by atoms with Crippen molar-refractivity contribution in [3.63, 3.8) is 0 Å². The van der Waals surface area contributed by atoms with Crippen molar-refractivity contribution in [1.29, 1.82) is 0 Å². The Morgan fingerprint density at radius 2 is 0.796 bits per heavy atom. The Hall–Kier alpha value is -0.730. The van der Waals surface area contributed by atoms with Gasteiger partial charge in [0.25, 0.3) is 0 Å². The standard InChI is InChI=1S/C42H86N2O5/c1-4-7-10-13-16-19-22-25-30-38(45)35-43-41(42(48)49)33-28-29-34-44(36-39(46)31-26-23-20-17-14-11-8-5-2)37-40(47)32-27-24-21-18-15-12-9-6-3/h38-41,43,45-47H,4-37H2,1-3H3,(H,48,49). The van der Waals surface area contributed by atoms with E-state index in [0.717, 1.165) is 57.9 Å². The van der Waals surface area contributed by atoms with Crippen molar-refractivity contribution in [1.82, 2.24) is 10.2 Å². The lowest BCUT2D eigenvalue weighted by atomic mass is 10.0. The van der Waals surface area contributed by atoms with Crippen molar-refractivity contribution >= 4 is 5.97 Å². The number of carboxylic acid groups (broad SMARTS) is 1. The first-order chi connectivity index (χ1) is 23.8. The molecule has 7 nitrogen and oxygen atoms in total. The molecule has 0 aliphatic heterocycles.